The molecular weight excluding hydrogens is 460 g/mol. The van der Waals surface area contributed by atoms with Gasteiger partial charge in [0.15, 0.2) is 0 Å². The summed E-state index contributed by atoms with van der Waals surface area (Å²) in [6, 6.07) is 35.7. The van der Waals surface area contributed by atoms with E-state index in [4.69, 9.17) is 4.98 Å². The Balaban J connectivity index is 1.48. The zero-order valence-electron chi connectivity index (χ0n) is 17.1. The molecule has 0 aliphatic heterocycles. The van der Waals surface area contributed by atoms with Gasteiger partial charge in [0.05, 0.1) is 11.2 Å². The van der Waals surface area contributed by atoms with Gasteiger partial charge in [0, 0.05) is 32.2 Å². The first kappa shape index (κ1) is 20.2. The Morgan fingerprint density at radius 2 is 1.53 bits per heavy atom. The van der Waals surface area contributed by atoms with Crippen LogP contribution in [0.3, 0.4) is 0 Å². The van der Waals surface area contributed by atoms with E-state index in [0.29, 0.717) is 5.56 Å². The molecule has 154 valence electrons. The van der Waals surface area contributed by atoms with Gasteiger partial charge in [0.2, 0.25) is 0 Å². The van der Waals surface area contributed by atoms with Crippen LogP contribution in [0.4, 0.5) is 5.69 Å². The quantitative estimate of drug-likeness (QED) is 0.289. The summed E-state index contributed by atoms with van der Waals surface area (Å²) < 4.78 is 0.871. The van der Waals surface area contributed by atoms with Gasteiger partial charge in [-0.2, -0.15) is 0 Å². The lowest BCUT2D eigenvalue weighted by Crippen LogP contribution is -2.12. The van der Waals surface area contributed by atoms with Gasteiger partial charge in [-0.15, -0.1) is 0 Å². The Hall–Kier alpha value is -3.76. The van der Waals surface area contributed by atoms with E-state index in [1.165, 1.54) is 0 Å². The molecule has 1 amide bonds. The van der Waals surface area contributed by atoms with Gasteiger partial charge in [-0.05, 0) is 48.0 Å². The van der Waals surface area contributed by atoms with Crippen LogP contribution in [0, 0.1) is 0 Å². The van der Waals surface area contributed by atoms with Crippen molar-refractivity contribution >= 4 is 38.4 Å². The molecule has 0 unspecified atom stereocenters. The average molecular weight is 479 g/mol. The minimum absolute atomic E-state index is 0.145. The second kappa shape index (κ2) is 8.77. The minimum Gasteiger partial charge on any atom is -0.321 e. The van der Waals surface area contributed by atoms with Crippen molar-refractivity contribution in [2.75, 3.05) is 5.32 Å². The molecule has 1 heterocycles. The minimum atomic E-state index is -0.145. The normalized spacial score (nSPS) is 10.8. The second-order valence-electron chi connectivity index (χ2n) is 7.48. The van der Waals surface area contributed by atoms with Crippen LogP contribution in [0.25, 0.3) is 33.3 Å². The van der Waals surface area contributed by atoms with E-state index in [-0.39, 0.29) is 5.91 Å². The van der Waals surface area contributed by atoms with Crippen molar-refractivity contribution < 1.29 is 4.79 Å². The van der Waals surface area contributed by atoms with Crippen LogP contribution in [-0.2, 0) is 0 Å². The zero-order valence-corrected chi connectivity index (χ0v) is 18.7. The third kappa shape index (κ3) is 4.18. The fraction of sp³-hybridized carbons (Fsp3) is 0. The second-order valence-corrected chi connectivity index (χ2v) is 8.40. The fourth-order valence-corrected chi connectivity index (χ4v) is 4.13. The van der Waals surface area contributed by atoms with Crippen LogP contribution in [0.5, 0.6) is 0 Å². The first-order valence-corrected chi connectivity index (χ1v) is 11.1. The summed E-state index contributed by atoms with van der Waals surface area (Å²) in [7, 11) is 0. The lowest BCUT2D eigenvalue weighted by molar-refractivity contribution is 0.102. The third-order valence-corrected chi connectivity index (χ3v) is 5.83. The molecule has 1 N–H and O–H groups in total. The lowest BCUT2D eigenvalue weighted by Gasteiger charge is -2.12. The standard InChI is InChI=1S/C28H19BrN2O/c29-23-10-6-9-22(18-23)28(32)31-27-12-5-4-11-24(27)20-13-15-26-21(17-20)14-16-25(30-26)19-7-2-1-3-8-19/h1-18H,(H,31,32). The number of rotatable bonds is 4. The van der Waals surface area contributed by atoms with E-state index < -0.39 is 0 Å². The van der Waals surface area contributed by atoms with Crippen LogP contribution in [0.2, 0.25) is 0 Å². The summed E-state index contributed by atoms with van der Waals surface area (Å²) in [4.78, 5) is 17.6. The molecule has 0 aliphatic rings. The first-order chi connectivity index (χ1) is 15.7. The Labute approximate surface area is 194 Å². The van der Waals surface area contributed by atoms with Crippen molar-refractivity contribution in [3.63, 3.8) is 0 Å². The monoisotopic (exact) mass is 478 g/mol. The number of para-hydroxylation sites is 1. The molecule has 4 heteroatoms. The molecule has 3 nitrogen and oxygen atoms in total. The molecule has 0 aliphatic carbocycles. The highest BCUT2D eigenvalue weighted by molar-refractivity contribution is 9.10. The number of carbonyl (C=O) groups excluding carboxylic acids is 1. The van der Waals surface area contributed by atoms with E-state index in [1.54, 1.807) is 6.07 Å². The summed E-state index contributed by atoms with van der Waals surface area (Å²) in [5, 5.41) is 4.11. The van der Waals surface area contributed by atoms with E-state index in [2.05, 4.69) is 45.5 Å². The molecule has 4 aromatic carbocycles. The first-order valence-electron chi connectivity index (χ1n) is 10.3. The summed E-state index contributed by atoms with van der Waals surface area (Å²) in [6.45, 7) is 0. The Morgan fingerprint density at radius 3 is 2.38 bits per heavy atom. The van der Waals surface area contributed by atoms with Gasteiger partial charge in [-0.3, -0.25) is 4.79 Å². The van der Waals surface area contributed by atoms with Crippen LogP contribution in [0.1, 0.15) is 10.4 Å². The smallest absolute Gasteiger partial charge is 0.255 e. The molecule has 5 aromatic rings. The molecule has 0 atom stereocenters. The van der Waals surface area contributed by atoms with Crippen LogP contribution in [-0.4, -0.2) is 10.9 Å². The van der Waals surface area contributed by atoms with Crippen molar-refractivity contribution in [2.24, 2.45) is 0 Å². The SMILES string of the molecule is O=C(Nc1ccccc1-c1ccc2nc(-c3ccccc3)ccc2c1)c1cccc(Br)c1. The van der Waals surface area contributed by atoms with E-state index in [0.717, 1.165) is 43.4 Å². The highest BCUT2D eigenvalue weighted by Crippen LogP contribution is 2.31. The predicted molar refractivity (Wildman–Crippen MR) is 135 cm³/mol. The van der Waals surface area contributed by atoms with Gasteiger partial charge in [0.25, 0.3) is 5.91 Å². The van der Waals surface area contributed by atoms with Gasteiger partial charge < -0.3 is 5.32 Å². The Morgan fingerprint density at radius 1 is 0.719 bits per heavy atom. The van der Waals surface area contributed by atoms with Crippen molar-refractivity contribution in [2.45, 2.75) is 0 Å². The number of benzene rings is 4. The maximum absolute atomic E-state index is 12.8. The fourth-order valence-electron chi connectivity index (χ4n) is 3.73. The predicted octanol–water partition coefficient (Wildman–Crippen LogP) is 7.58. The number of pyridine rings is 1. The van der Waals surface area contributed by atoms with Gasteiger partial charge in [-0.25, -0.2) is 4.98 Å². The number of hydrogen-bond acceptors (Lipinski definition) is 2. The molecule has 0 saturated carbocycles. The van der Waals surface area contributed by atoms with Crippen LogP contribution >= 0.6 is 15.9 Å². The molecule has 0 spiro atoms. The molecule has 1 aromatic heterocycles. The van der Waals surface area contributed by atoms with E-state index in [1.807, 2.05) is 78.9 Å². The van der Waals surface area contributed by atoms with Crippen molar-refractivity contribution in [1.82, 2.24) is 4.98 Å². The highest BCUT2D eigenvalue weighted by atomic mass is 79.9. The number of nitrogens with zero attached hydrogens (tertiary/aromatic N) is 1. The Bertz CT molecular complexity index is 1430. The number of anilines is 1. The number of fused-ring (bicyclic) bond motifs is 1. The maximum atomic E-state index is 12.8. The summed E-state index contributed by atoms with van der Waals surface area (Å²) in [5.74, 6) is -0.145. The zero-order chi connectivity index (χ0) is 21.9. The highest BCUT2D eigenvalue weighted by Gasteiger charge is 2.11. The summed E-state index contributed by atoms with van der Waals surface area (Å²) >= 11 is 3.42. The number of nitrogens with one attached hydrogen (secondary N) is 1. The Kier molecular flexibility index (Phi) is 5.53. The molecule has 32 heavy (non-hydrogen) atoms. The maximum Gasteiger partial charge on any atom is 0.255 e. The van der Waals surface area contributed by atoms with Gasteiger partial charge in [-0.1, -0.05) is 82.7 Å². The number of hydrogen-bond donors (Lipinski definition) is 1. The largest absolute Gasteiger partial charge is 0.321 e. The number of halogens is 1. The number of aromatic nitrogens is 1. The van der Waals surface area contributed by atoms with E-state index in [9.17, 15) is 4.79 Å². The van der Waals surface area contributed by atoms with Crippen LogP contribution in [0.15, 0.2) is 114 Å². The van der Waals surface area contributed by atoms with E-state index >= 15 is 0 Å². The molecule has 0 radical (unpaired) electrons. The van der Waals surface area contributed by atoms with Gasteiger partial charge >= 0.3 is 0 Å². The molecule has 0 bridgehead atoms. The van der Waals surface area contributed by atoms with Gasteiger partial charge in [0.1, 0.15) is 0 Å². The summed E-state index contributed by atoms with van der Waals surface area (Å²) in [5.41, 5.74) is 6.34. The number of carbonyl (C=O) groups is 1. The summed E-state index contributed by atoms with van der Waals surface area (Å²) in [6.07, 6.45) is 0. The van der Waals surface area contributed by atoms with Crippen molar-refractivity contribution in [3.05, 3.63) is 119 Å². The molecule has 5 rings (SSSR count). The number of amides is 1. The van der Waals surface area contributed by atoms with Crippen molar-refractivity contribution in [1.29, 1.82) is 0 Å². The van der Waals surface area contributed by atoms with Crippen molar-refractivity contribution in [3.8, 4) is 22.4 Å². The lowest BCUT2D eigenvalue weighted by atomic mass is 10.0. The average Bonchev–Trinajstić information content (AvgIpc) is 2.84. The molecular formula is C28H19BrN2O. The van der Waals surface area contributed by atoms with Crippen LogP contribution < -0.4 is 5.32 Å². The molecule has 0 saturated heterocycles. The third-order valence-electron chi connectivity index (χ3n) is 5.33. The molecule has 0 fully saturated rings. The topological polar surface area (TPSA) is 42.0 Å².